The minimum absolute atomic E-state index is 0.0208. The predicted molar refractivity (Wildman–Crippen MR) is 177 cm³/mol. The lowest BCUT2D eigenvalue weighted by Gasteiger charge is -2.21. The van der Waals surface area contributed by atoms with Crippen molar-refractivity contribution in [3.63, 3.8) is 0 Å². The second-order valence-corrected chi connectivity index (χ2v) is 12.4. The molecule has 2 amide bonds. The first-order chi connectivity index (χ1) is 24.1. The van der Waals surface area contributed by atoms with Gasteiger partial charge in [-0.2, -0.15) is 28.1 Å². The monoisotopic (exact) mass is 719 g/mol. The van der Waals surface area contributed by atoms with E-state index < -0.39 is 55.0 Å². The molecular weight excluding hydrogens is 679 g/mol. The largest absolute Gasteiger partial charge is 0.494 e. The van der Waals surface area contributed by atoms with Crippen LogP contribution in [0.2, 0.25) is 0 Å². The van der Waals surface area contributed by atoms with E-state index >= 15 is 0 Å². The number of carbonyl (C=O) groups excluding carboxylic acids is 2. The minimum atomic E-state index is -4.65. The standard InChI is InChI=1S/C33H40F3N7O8/c1-32(2,3)51-31(47)38-18-24(27(45)46)40-26(44)23-13-10-21-16-25(23)49-15-7-5-4-6-14-48-22-11-8-20(9-12-22)17-37-28-41-29(39-21)43-30(42-28)50-19-33(34,35)36/h8-13,16,24H,4-7,14-15,17-19H2,1-3H3,(H,38,47)(H,40,44)(H,45,46)(H2,37,39,41,42,43)/t24-/m1/s1. The lowest BCUT2D eigenvalue weighted by atomic mass is 10.1. The van der Waals surface area contributed by atoms with Crippen molar-refractivity contribution in [1.82, 2.24) is 25.6 Å². The molecule has 0 unspecified atom stereocenters. The van der Waals surface area contributed by atoms with E-state index in [9.17, 15) is 32.7 Å². The van der Waals surface area contributed by atoms with E-state index in [1.54, 1.807) is 20.8 Å². The van der Waals surface area contributed by atoms with Crippen molar-refractivity contribution in [2.75, 3.05) is 37.0 Å². The average molecular weight is 720 g/mol. The number of benzene rings is 2. The SMILES string of the molecule is CC(C)(C)OC(=O)NC[C@@H](NC(=O)c1ccc2cc1OCCCCCCOc1ccc(cc1)CNc1nc(nc(OCC(F)(F)F)n1)N2)C(=O)O. The molecule has 3 aromatic rings. The van der Waals surface area contributed by atoms with E-state index in [1.807, 2.05) is 24.3 Å². The number of alkyl carbamates (subject to hydrolysis) is 1. The van der Waals surface area contributed by atoms with Crippen molar-refractivity contribution >= 4 is 35.6 Å². The topological polar surface area (TPSA) is 195 Å². The molecule has 0 saturated carbocycles. The summed E-state index contributed by atoms with van der Waals surface area (Å²) in [7, 11) is 0. The quantitative estimate of drug-likeness (QED) is 0.214. The molecule has 1 atom stereocenters. The van der Waals surface area contributed by atoms with Gasteiger partial charge in [0.05, 0.1) is 25.3 Å². The van der Waals surface area contributed by atoms with Crippen LogP contribution in [0.25, 0.3) is 0 Å². The summed E-state index contributed by atoms with van der Waals surface area (Å²) < 4.78 is 60.6. The number of ether oxygens (including phenoxy) is 4. The molecule has 0 spiro atoms. The van der Waals surface area contributed by atoms with Crippen LogP contribution in [0.3, 0.4) is 0 Å². The molecule has 3 heterocycles. The molecule has 5 N–H and O–H groups in total. The van der Waals surface area contributed by atoms with Gasteiger partial charge in [-0.05, 0) is 76.3 Å². The summed E-state index contributed by atoms with van der Waals surface area (Å²) in [5.41, 5.74) is 0.259. The van der Waals surface area contributed by atoms with Crippen molar-refractivity contribution in [2.45, 2.75) is 70.8 Å². The molecule has 51 heavy (non-hydrogen) atoms. The van der Waals surface area contributed by atoms with E-state index in [-0.39, 0.29) is 42.0 Å². The van der Waals surface area contributed by atoms with Crippen LogP contribution >= 0.6 is 0 Å². The number of fused-ring (bicyclic) bond motifs is 10. The van der Waals surface area contributed by atoms with E-state index in [4.69, 9.17) is 18.9 Å². The lowest BCUT2D eigenvalue weighted by molar-refractivity contribution is -0.154. The predicted octanol–water partition coefficient (Wildman–Crippen LogP) is 5.21. The Hall–Kier alpha value is -5.55. The molecule has 0 fully saturated rings. The fraction of sp³-hybridized carbons (Fsp3) is 0.455. The summed E-state index contributed by atoms with van der Waals surface area (Å²) in [5.74, 6) is -1.72. The zero-order valence-electron chi connectivity index (χ0n) is 28.3. The Bertz CT molecular complexity index is 1650. The highest BCUT2D eigenvalue weighted by molar-refractivity contribution is 5.99. The maximum atomic E-state index is 13.4. The van der Waals surface area contributed by atoms with Crippen LogP contribution in [0.1, 0.15) is 62.4 Å². The van der Waals surface area contributed by atoms with Gasteiger partial charge in [-0.3, -0.25) is 4.79 Å². The van der Waals surface area contributed by atoms with Gasteiger partial charge in [0.25, 0.3) is 5.91 Å². The minimum Gasteiger partial charge on any atom is -0.494 e. The highest BCUT2D eigenvalue weighted by Gasteiger charge is 2.29. The molecule has 2 aliphatic heterocycles. The van der Waals surface area contributed by atoms with Gasteiger partial charge in [-0.1, -0.05) is 12.1 Å². The Labute approximate surface area is 291 Å². The Morgan fingerprint density at radius 3 is 2.29 bits per heavy atom. The smallest absolute Gasteiger partial charge is 0.422 e. The number of aromatic nitrogens is 3. The second-order valence-electron chi connectivity index (χ2n) is 12.4. The first kappa shape index (κ1) is 38.3. The average Bonchev–Trinajstić information content (AvgIpc) is 3.05. The Morgan fingerprint density at radius 2 is 1.63 bits per heavy atom. The van der Waals surface area contributed by atoms with Crippen LogP contribution in [-0.4, -0.2) is 82.2 Å². The van der Waals surface area contributed by atoms with Crippen LogP contribution in [0.15, 0.2) is 42.5 Å². The van der Waals surface area contributed by atoms with Crippen molar-refractivity contribution in [3.05, 3.63) is 53.6 Å². The first-order valence-corrected chi connectivity index (χ1v) is 16.1. The number of hydrogen-bond donors (Lipinski definition) is 5. The third kappa shape index (κ3) is 13.4. The summed E-state index contributed by atoms with van der Waals surface area (Å²) in [6.07, 6.45) is -2.45. The van der Waals surface area contributed by atoms with E-state index in [2.05, 4.69) is 36.2 Å². The molecule has 2 aliphatic rings. The van der Waals surface area contributed by atoms with Crippen LogP contribution < -0.4 is 35.5 Å². The summed E-state index contributed by atoms with van der Waals surface area (Å²) in [4.78, 5) is 49.6. The van der Waals surface area contributed by atoms with Crippen LogP contribution in [0.5, 0.6) is 17.5 Å². The van der Waals surface area contributed by atoms with Gasteiger partial charge in [-0.25, -0.2) is 9.59 Å². The summed E-state index contributed by atoms with van der Waals surface area (Å²) in [6.45, 7) is 3.75. The maximum absolute atomic E-state index is 13.4. The van der Waals surface area contributed by atoms with E-state index in [1.165, 1.54) is 18.2 Å². The lowest BCUT2D eigenvalue weighted by Crippen LogP contribution is -2.49. The van der Waals surface area contributed by atoms with Gasteiger partial charge < -0.3 is 45.3 Å². The Kier molecular flexibility index (Phi) is 13.1. The van der Waals surface area contributed by atoms with Crippen molar-refractivity contribution < 1.29 is 51.6 Å². The highest BCUT2D eigenvalue weighted by Crippen LogP contribution is 2.27. The number of aliphatic carboxylic acids is 1. The summed E-state index contributed by atoms with van der Waals surface area (Å²) in [5, 5.41) is 20.3. The number of alkyl halides is 3. The Morgan fingerprint density at radius 1 is 0.941 bits per heavy atom. The zero-order valence-corrected chi connectivity index (χ0v) is 28.3. The molecular formula is C33H40F3N7O8. The van der Waals surface area contributed by atoms with Crippen molar-refractivity contribution in [3.8, 4) is 17.5 Å². The Balaban J connectivity index is 1.59. The van der Waals surface area contributed by atoms with Crippen molar-refractivity contribution in [1.29, 1.82) is 0 Å². The number of nitrogens with one attached hydrogen (secondary N) is 4. The summed E-state index contributed by atoms with van der Waals surface area (Å²) in [6, 6.07) is 9.42. The summed E-state index contributed by atoms with van der Waals surface area (Å²) >= 11 is 0. The van der Waals surface area contributed by atoms with Gasteiger partial charge >= 0.3 is 24.2 Å². The number of halogens is 3. The first-order valence-electron chi connectivity index (χ1n) is 16.1. The molecule has 2 aromatic carbocycles. The zero-order chi connectivity index (χ0) is 37.0. The van der Waals surface area contributed by atoms with E-state index in [0.717, 1.165) is 24.8 Å². The fourth-order valence-corrected chi connectivity index (χ4v) is 4.49. The molecule has 15 nitrogen and oxygen atoms in total. The molecule has 18 heteroatoms. The van der Waals surface area contributed by atoms with Gasteiger partial charge in [0.2, 0.25) is 11.9 Å². The molecule has 6 bridgehead atoms. The van der Waals surface area contributed by atoms with Gasteiger partial charge in [-0.15, -0.1) is 0 Å². The number of anilines is 3. The molecule has 0 aliphatic carbocycles. The van der Waals surface area contributed by atoms with E-state index in [0.29, 0.717) is 18.8 Å². The number of amides is 2. The normalized spacial score (nSPS) is 14.5. The van der Waals surface area contributed by atoms with Gasteiger partial charge in [0.1, 0.15) is 23.1 Å². The van der Waals surface area contributed by atoms with Crippen molar-refractivity contribution in [2.24, 2.45) is 0 Å². The van der Waals surface area contributed by atoms with Crippen LogP contribution in [0.4, 0.5) is 35.5 Å². The van der Waals surface area contributed by atoms with Crippen LogP contribution in [0, 0.1) is 0 Å². The molecule has 5 rings (SSSR count). The van der Waals surface area contributed by atoms with Gasteiger partial charge in [0, 0.05) is 18.3 Å². The number of carboxylic acid groups (broad SMARTS) is 1. The number of carboxylic acids is 1. The number of carbonyl (C=O) groups is 3. The number of hydrogen-bond acceptors (Lipinski definition) is 12. The fourth-order valence-electron chi connectivity index (χ4n) is 4.49. The third-order valence-corrected chi connectivity index (χ3v) is 6.85. The molecule has 1 aromatic heterocycles. The second kappa shape index (κ2) is 17.4. The third-order valence-electron chi connectivity index (χ3n) is 6.85. The number of nitrogens with zero attached hydrogens (tertiary/aromatic N) is 3. The number of rotatable bonds is 7. The molecule has 0 radical (unpaired) electrons. The maximum Gasteiger partial charge on any atom is 0.422 e. The van der Waals surface area contributed by atoms with Gasteiger partial charge in [0.15, 0.2) is 6.61 Å². The highest BCUT2D eigenvalue weighted by atomic mass is 19.4. The molecule has 276 valence electrons. The van der Waals surface area contributed by atoms with Crippen LogP contribution in [-0.2, 0) is 16.1 Å². The molecule has 0 saturated heterocycles.